The molecule has 2 heterocycles. The van der Waals surface area contributed by atoms with E-state index < -0.39 is 0 Å². The number of aromatic amines is 1. The lowest BCUT2D eigenvalue weighted by Crippen LogP contribution is -2.12. The number of hydrogen-bond acceptors (Lipinski definition) is 4. The van der Waals surface area contributed by atoms with Crippen molar-refractivity contribution in [3.63, 3.8) is 0 Å². The van der Waals surface area contributed by atoms with Gasteiger partial charge in [-0.1, -0.05) is 0 Å². The van der Waals surface area contributed by atoms with Gasteiger partial charge in [-0.05, 0) is 18.6 Å². The van der Waals surface area contributed by atoms with E-state index >= 15 is 0 Å². The van der Waals surface area contributed by atoms with Crippen molar-refractivity contribution in [2.24, 2.45) is 0 Å². The average Bonchev–Trinajstić information content (AvgIpc) is 2.02. The van der Waals surface area contributed by atoms with Gasteiger partial charge >= 0.3 is 0 Å². The van der Waals surface area contributed by atoms with Crippen molar-refractivity contribution >= 4 is 17.0 Å². The summed E-state index contributed by atoms with van der Waals surface area (Å²) >= 11 is 0. The molecule has 0 aliphatic carbocycles. The maximum atomic E-state index is 11.4. The average molecular weight is 176 g/mol. The van der Waals surface area contributed by atoms with Gasteiger partial charge in [0.05, 0.1) is 5.39 Å². The molecule has 0 bridgehead atoms. The molecule has 0 aromatic carbocycles. The first-order valence-corrected chi connectivity index (χ1v) is 3.79. The smallest absolute Gasteiger partial charge is 0.262 e. The van der Waals surface area contributed by atoms with Crippen LogP contribution in [0.5, 0.6) is 0 Å². The minimum Gasteiger partial charge on any atom is -0.369 e. The Balaban J connectivity index is 3.03. The number of hydrogen-bond donors (Lipinski definition) is 2. The first-order chi connectivity index (χ1) is 6.18. The molecule has 0 fully saturated rings. The molecule has 0 aliphatic rings. The molecular weight excluding hydrogens is 168 g/mol. The lowest BCUT2D eigenvalue weighted by Gasteiger charge is -1.99. The van der Waals surface area contributed by atoms with Crippen molar-refractivity contribution in [2.45, 2.75) is 6.92 Å². The molecule has 0 spiro atoms. The van der Waals surface area contributed by atoms with Crippen LogP contribution in [0.3, 0.4) is 0 Å². The van der Waals surface area contributed by atoms with E-state index in [1.54, 1.807) is 12.3 Å². The molecule has 5 nitrogen and oxygen atoms in total. The van der Waals surface area contributed by atoms with Crippen LogP contribution in [0.4, 0.5) is 5.95 Å². The van der Waals surface area contributed by atoms with E-state index in [-0.39, 0.29) is 11.5 Å². The van der Waals surface area contributed by atoms with Gasteiger partial charge in [0.2, 0.25) is 5.95 Å². The molecule has 2 rings (SSSR count). The summed E-state index contributed by atoms with van der Waals surface area (Å²) in [5, 5.41) is 0.497. The van der Waals surface area contributed by atoms with Crippen molar-refractivity contribution in [1.82, 2.24) is 15.0 Å². The topological polar surface area (TPSA) is 84.7 Å². The number of nitrogen functional groups attached to an aromatic ring is 1. The standard InChI is InChI=1S/C8H8N4O/c1-4-2-3-10-6-5(4)7(13)12-8(9)11-6/h2-3H,1H3,(H3,9,10,11,12,13). The molecule has 3 N–H and O–H groups in total. The number of pyridine rings is 1. The van der Waals surface area contributed by atoms with Crippen LogP contribution >= 0.6 is 0 Å². The number of anilines is 1. The van der Waals surface area contributed by atoms with Crippen LogP contribution in [-0.2, 0) is 0 Å². The highest BCUT2D eigenvalue weighted by Crippen LogP contribution is 2.08. The Morgan fingerprint density at radius 2 is 2.31 bits per heavy atom. The van der Waals surface area contributed by atoms with E-state index in [4.69, 9.17) is 5.73 Å². The Labute approximate surface area is 73.6 Å². The number of fused-ring (bicyclic) bond motifs is 1. The third-order valence-electron chi connectivity index (χ3n) is 1.83. The third-order valence-corrected chi connectivity index (χ3v) is 1.83. The van der Waals surface area contributed by atoms with Crippen molar-refractivity contribution < 1.29 is 0 Å². The summed E-state index contributed by atoms with van der Waals surface area (Å²) in [6.45, 7) is 1.83. The normalized spacial score (nSPS) is 10.5. The molecule has 2 aromatic heterocycles. The van der Waals surface area contributed by atoms with Gasteiger partial charge in [0.15, 0.2) is 5.65 Å². The Bertz CT molecular complexity index is 517. The summed E-state index contributed by atoms with van der Waals surface area (Å²) < 4.78 is 0. The van der Waals surface area contributed by atoms with Gasteiger partial charge in [0, 0.05) is 6.20 Å². The van der Waals surface area contributed by atoms with Crippen LogP contribution in [0.2, 0.25) is 0 Å². The van der Waals surface area contributed by atoms with Crippen molar-refractivity contribution in [1.29, 1.82) is 0 Å². The minimum absolute atomic E-state index is 0.0931. The van der Waals surface area contributed by atoms with Gasteiger partial charge in [0.25, 0.3) is 5.56 Å². The second kappa shape index (κ2) is 2.55. The van der Waals surface area contributed by atoms with Crippen LogP contribution in [-0.4, -0.2) is 15.0 Å². The lowest BCUT2D eigenvalue weighted by molar-refractivity contribution is 1.15. The second-order valence-corrected chi connectivity index (χ2v) is 2.78. The fraction of sp³-hybridized carbons (Fsp3) is 0.125. The molecule has 66 valence electrons. The summed E-state index contributed by atoms with van der Waals surface area (Å²) in [7, 11) is 0. The second-order valence-electron chi connectivity index (χ2n) is 2.78. The minimum atomic E-state index is -0.242. The van der Waals surface area contributed by atoms with Gasteiger partial charge in [-0.15, -0.1) is 0 Å². The van der Waals surface area contributed by atoms with Crippen LogP contribution < -0.4 is 11.3 Å². The third kappa shape index (κ3) is 1.14. The molecule has 5 heteroatoms. The molecule has 0 amide bonds. The largest absolute Gasteiger partial charge is 0.369 e. The van der Waals surface area contributed by atoms with Crippen LogP contribution in [0.25, 0.3) is 11.0 Å². The zero-order valence-corrected chi connectivity index (χ0v) is 7.03. The molecule has 0 aliphatic heterocycles. The van der Waals surface area contributed by atoms with Crippen molar-refractivity contribution in [2.75, 3.05) is 5.73 Å². The van der Waals surface area contributed by atoms with E-state index in [0.717, 1.165) is 5.56 Å². The molecule has 0 radical (unpaired) electrons. The van der Waals surface area contributed by atoms with Crippen LogP contribution in [0, 0.1) is 6.92 Å². The van der Waals surface area contributed by atoms with Gasteiger partial charge < -0.3 is 5.73 Å². The number of H-pyrrole nitrogens is 1. The van der Waals surface area contributed by atoms with Gasteiger partial charge in [-0.3, -0.25) is 9.78 Å². The summed E-state index contributed by atoms with van der Waals surface area (Å²) in [5.41, 5.74) is 6.36. The first kappa shape index (κ1) is 7.72. The SMILES string of the molecule is Cc1ccnc2nc(N)[nH]c(=O)c12. The number of aromatic nitrogens is 3. The predicted octanol–water partition coefficient (Wildman–Crippen LogP) is 0.209. The Kier molecular flexibility index (Phi) is 1.51. The summed E-state index contributed by atoms with van der Waals surface area (Å²) in [5.74, 6) is 0.0931. The van der Waals surface area contributed by atoms with E-state index in [0.29, 0.717) is 11.0 Å². The van der Waals surface area contributed by atoms with Crippen molar-refractivity contribution in [3.8, 4) is 0 Å². The van der Waals surface area contributed by atoms with Crippen LogP contribution in [0.1, 0.15) is 5.56 Å². The number of aryl methyl sites for hydroxylation is 1. The predicted molar refractivity (Wildman–Crippen MR) is 49.3 cm³/mol. The highest BCUT2D eigenvalue weighted by Gasteiger charge is 2.04. The van der Waals surface area contributed by atoms with E-state index in [2.05, 4.69) is 15.0 Å². The molecule has 2 aromatic rings. The first-order valence-electron chi connectivity index (χ1n) is 3.79. The van der Waals surface area contributed by atoms with Gasteiger partial charge in [0.1, 0.15) is 0 Å². The maximum Gasteiger partial charge on any atom is 0.262 e. The molecule has 13 heavy (non-hydrogen) atoms. The fourth-order valence-corrected chi connectivity index (χ4v) is 1.23. The highest BCUT2D eigenvalue weighted by atomic mass is 16.1. The monoisotopic (exact) mass is 176 g/mol. The summed E-state index contributed by atoms with van der Waals surface area (Å²) in [4.78, 5) is 21.7. The van der Waals surface area contributed by atoms with Crippen LogP contribution in [0.15, 0.2) is 17.1 Å². The Hall–Kier alpha value is -1.91. The molecule has 0 saturated heterocycles. The van der Waals surface area contributed by atoms with Gasteiger partial charge in [-0.25, -0.2) is 4.98 Å². The zero-order valence-electron chi connectivity index (χ0n) is 7.03. The molecule has 0 unspecified atom stereocenters. The zero-order chi connectivity index (χ0) is 9.42. The van der Waals surface area contributed by atoms with Gasteiger partial charge in [-0.2, -0.15) is 4.98 Å². The highest BCUT2D eigenvalue weighted by molar-refractivity contribution is 5.77. The number of nitrogens with two attached hydrogens (primary N) is 1. The number of rotatable bonds is 0. The van der Waals surface area contributed by atoms with E-state index in [1.165, 1.54) is 0 Å². The molecule has 0 saturated carbocycles. The van der Waals surface area contributed by atoms with E-state index in [9.17, 15) is 4.79 Å². The number of nitrogens with zero attached hydrogens (tertiary/aromatic N) is 2. The molecular formula is C8H8N4O. The lowest BCUT2D eigenvalue weighted by atomic mass is 10.2. The fourth-order valence-electron chi connectivity index (χ4n) is 1.23. The number of nitrogens with one attached hydrogen (secondary N) is 1. The maximum absolute atomic E-state index is 11.4. The Morgan fingerprint density at radius 3 is 3.08 bits per heavy atom. The quantitative estimate of drug-likeness (QED) is 0.600. The molecule has 0 atom stereocenters. The summed E-state index contributed by atoms with van der Waals surface area (Å²) in [6, 6.07) is 1.76. The van der Waals surface area contributed by atoms with E-state index in [1.807, 2.05) is 6.92 Å². The van der Waals surface area contributed by atoms with Crippen molar-refractivity contribution in [3.05, 3.63) is 28.2 Å². The Morgan fingerprint density at radius 1 is 1.54 bits per heavy atom. The summed E-state index contributed by atoms with van der Waals surface area (Å²) in [6.07, 6.45) is 1.60.